The van der Waals surface area contributed by atoms with Gasteiger partial charge in [0, 0.05) is 5.02 Å². The first-order chi connectivity index (χ1) is 9.10. The second-order valence-corrected chi connectivity index (χ2v) is 3.95. The molecule has 0 unspecified atom stereocenters. The van der Waals surface area contributed by atoms with Crippen molar-refractivity contribution < 1.29 is 9.18 Å². The molecular weight excluding hydrogens is 273 g/mol. The summed E-state index contributed by atoms with van der Waals surface area (Å²) in [6.45, 7) is 0. The van der Waals surface area contributed by atoms with Crippen molar-refractivity contribution in [2.24, 2.45) is 5.84 Å². The molecule has 8 heteroatoms. The van der Waals surface area contributed by atoms with E-state index in [4.69, 9.17) is 17.4 Å². The molecule has 0 aliphatic heterocycles. The second-order valence-electron chi connectivity index (χ2n) is 3.51. The van der Waals surface area contributed by atoms with E-state index in [1.54, 1.807) is 0 Å². The molecule has 0 aliphatic carbocycles. The van der Waals surface area contributed by atoms with Crippen LogP contribution in [0.4, 0.5) is 15.9 Å². The van der Waals surface area contributed by atoms with Crippen molar-refractivity contribution in [3.05, 3.63) is 47.1 Å². The second kappa shape index (κ2) is 5.59. The van der Waals surface area contributed by atoms with Gasteiger partial charge in [-0.05, 0) is 18.2 Å². The fraction of sp³-hybridized carbons (Fsp3) is 0. The Balaban J connectivity index is 2.22. The van der Waals surface area contributed by atoms with Crippen molar-refractivity contribution >= 4 is 29.0 Å². The number of halogens is 2. The third-order valence-corrected chi connectivity index (χ3v) is 2.43. The van der Waals surface area contributed by atoms with Crippen LogP contribution in [0, 0.1) is 5.82 Å². The van der Waals surface area contributed by atoms with E-state index in [2.05, 4.69) is 20.7 Å². The largest absolute Gasteiger partial charge is 0.318 e. The predicted octanol–water partition coefficient (Wildman–Crippen LogP) is 1.81. The summed E-state index contributed by atoms with van der Waals surface area (Å²) >= 11 is 5.72. The normalized spacial score (nSPS) is 10.1. The number of anilines is 2. The zero-order valence-corrected chi connectivity index (χ0v) is 10.3. The summed E-state index contributed by atoms with van der Waals surface area (Å²) in [7, 11) is 0. The van der Waals surface area contributed by atoms with Crippen LogP contribution in [-0.4, -0.2) is 15.9 Å². The molecule has 2 rings (SSSR count). The van der Waals surface area contributed by atoms with Gasteiger partial charge in [-0.3, -0.25) is 9.78 Å². The first-order valence-corrected chi connectivity index (χ1v) is 5.53. The number of amides is 1. The highest BCUT2D eigenvalue weighted by Gasteiger charge is 2.12. The molecule has 1 amide bonds. The Bertz CT molecular complexity index is 622. The summed E-state index contributed by atoms with van der Waals surface area (Å²) in [4.78, 5) is 19.5. The number of nitrogen functional groups attached to an aromatic ring is 1. The maximum absolute atomic E-state index is 13.4. The maximum atomic E-state index is 13.4. The zero-order chi connectivity index (χ0) is 13.8. The number of benzene rings is 1. The molecule has 0 atom stereocenters. The number of rotatable bonds is 3. The van der Waals surface area contributed by atoms with Gasteiger partial charge in [-0.1, -0.05) is 11.6 Å². The number of hydrogen-bond acceptors (Lipinski definition) is 5. The fourth-order valence-corrected chi connectivity index (χ4v) is 1.50. The molecule has 4 N–H and O–H groups in total. The molecular formula is C11H9ClFN5O. The first kappa shape index (κ1) is 13.2. The molecule has 1 aromatic carbocycles. The number of carbonyl (C=O) groups is 1. The lowest BCUT2D eigenvalue weighted by molar-refractivity contribution is 0.102. The number of nitrogens with two attached hydrogens (primary N) is 1. The van der Waals surface area contributed by atoms with Gasteiger partial charge in [0.1, 0.15) is 11.5 Å². The third kappa shape index (κ3) is 3.15. The Labute approximate surface area is 112 Å². The Morgan fingerprint density at radius 1 is 1.37 bits per heavy atom. The predicted molar refractivity (Wildman–Crippen MR) is 69.2 cm³/mol. The molecule has 19 heavy (non-hydrogen) atoms. The minimum atomic E-state index is -0.620. The minimum Gasteiger partial charge on any atom is -0.318 e. The number of aromatic nitrogens is 2. The summed E-state index contributed by atoms with van der Waals surface area (Å²) in [5, 5.41) is 2.65. The monoisotopic (exact) mass is 281 g/mol. The Morgan fingerprint density at radius 2 is 2.16 bits per heavy atom. The Kier molecular flexibility index (Phi) is 3.88. The molecule has 0 saturated carbocycles. The van der Waals surface area contributed by atoms with Gasteiger partial charge in [0.05, 0.1) is 18.1 Å². The van der Waals surface area contributed by atoms with Crippen molar-refractivity contribution in [1.29, 1.82) is 0 Å². The molecule has 1 aromatic heterocycles. The molecule has 0 fully saturated rings. The van der Waals surface area contributed by atoms with Crippen LogP contribution in [0.25, 0.3) is 0 Å². The highest BCUT2D eigenvalue weighted by Crippen LogP contribution is 2.20. The van der Waals surface area contributed by atoms with Gasteiger partial charge >= 0.3 is 0 Å². The van der Waals surface area contributed by atoms with Crippen molar-refractivity contribution in [1.82, 2.24) is 9.97 Å². The van der Waals surface area contributed by atoms with Crippen LogP contribution in [0.2, 0.25) is 5.02 Å². The summed E-state index contributed by atoms with van der Waals surface area (Å²) in [6, 6.07) is 3.83. The van der Waals surface area contributed by atoms with Crippen LogP contribution in [-0.2, 0) is 0 Å². The van der Waals surface area contributed by atoms with E-state index >= 15 is 0 Å². The Hall–Kier alpha value is -2.25. The maximum Gasteiger partial charge on any atom is 0.276 e. The number of carbonyl (C=O) groups excluding carboxylic acids is 1. The van der Waals surface area contributed by atoms with Crippen molar-refractivity contribution in [2.75, 3.05) is 10.7 Å². The van der Waals surface area contributed by atoms with E-state index in [9.17, 15) is 9.18 Å². The standard InChI is InChI=1S/C11H9ClFN5O/c12-6-1-2-7(13)8(3-6)17-11(19)9-4-15-5-10(16-9)18-14/h1-5H,14H2,(H,16,18)(H,17,19). The van der Waals surface area contributed by atoms with Gasteiger partial charge in [0.25, 0.3) is 5.91 Å². The van der Waals surface area contributed by atoms with E-state index in [-0.39, 0.29) is 17.2 Å². The highest BCUT2D eigenvalue weighted by atomic mass is 35.5. The summed E-state index contributed by atoms with van der Waals surface area (Å²) < 4.78 is 13.4. The lowest BCUT2D eigenvalue weighted by Crippen LogP contribution is -2.17. The first-order valence-electron chi connectivity index (χ1n) is 5.15. The molecule has 0 spiro atoms. The van der Waals surface area contributed by atoms with Crippen LogP contribution < -0.4 is 16.6 Å². The van der Waals surface area contributed by atoms with Crippen LogP contribution >= 0.6 is 11.6 Å². The number of nitrogens with one attached hydrogen (secondary N) is 2. The van der Waals surface area contributed by atoms with Gasteiger partial charge in [-0.2, -0.15) is 0 Å². The van der Waals surface area contributed by atoms with E-state index in [0.29, 0.717) is 5.02 Å². The highest BCUT2D eigenvalue weighted by molar-refractivity contribution is 6.31. The Morgan fingerprint density at radius 3 is 2.89 bits per heavy atom. The van der Waals surface area contributed by atoms with E-state index in [0.717, 1.165) is 6.07 Å². The number of hydrogen-bond donors (Lipinski definition) is 3. The van der Waals surface area contributed by atoms with Gasteiger partial charge < -0.3 is 10.7 Å². The third-order valence-electron chi connectivity index (χ3n) is 2.19. The lowest BCUT2D eigenvalue weighted by Gasteiger charge is -2.07. The number of hydrazine groups is 1. The molecule has 0 bridgehead atoms. The SMILES string of the molecule is NNc1cncc(C(=O)Nc2cc(Cl)ccc2F)n1. The smallest absolute Gasteiger partial charge is 0.276 e. The van der Waals surface area contributed by atoms with Crippen LogP contribution in [0.3, 0.4) is 0 Å². The van der Waals surface area contributed by atoms with Crippen molar-refractivity contribution in [3.8, 4) is 0 Å². The van der Waals surface area contributed by atoms with Gasteiger partial charge in [-0.25, -0.2) is 15.2 Å². The minimum absolute atomic E-state index is 0.00479. The van der Waals surface area contributed by atoms with Gasteiger partial charge in [0.15, 0.2) is 5.82 Å². The van der Waals surface area contributed by atoms with Crippen molar-refractivity contribution in [2.45, 2.75) is 0 Å². The van der Waals surface area contributed by atoms with E-state index in [1.165, 1.54) is 24.5 Å². The summed E-state index contributed by atoms with van der Waals surface area (Å²) in [5.41, 5.74) is 2.22. The molecule has 98 valence electrons. The summed E-state index contributed by atoms with van der Waals surface area (Å²) in [5.74, 6) is 4.16. The van der Waals surface area contributed by atoms with Crippen LogP contribution in [0.5, 0.6) is 0 Å². The molecule has 0 saturated heterocycles. The topological polar surface area (TPSA) is 92.9 Å². The molecule has 2 aromatic rings. The van der Waals surface area contributed by atoms with Crippen molar-refractivity contribution in [3.63, 3.8) is 0 Å². The quantitative estimate of drug-likeness (QED) is 0.589. The molecule has 0 radical (unpaired) electrons. The lowest BCUT2D eigenvalue weighted by atomic mass is 10.3. The molecule has 0 aliphatic rings. The van der Waals surface area contributed by atoms with Gasteiger partial charge in [-0.15, -0.1) is 0 Å². The molecule has 1 heterocycles. The van der Waals surface area contributed by atoms with Crippen LogP contribution in [0.1, 0.15) is 10.5 Å². The van der Waals surface area contributed by atoms with E-state index < -0.39 is 11.7 Å². The van der Waals surface area contributed by atoms with E-state index in [1.807, 2.05) is 0 Å². The zero-order valence-electron chi connectivity index (χ0n) is 9.52. The summed E-state index contributed by atoms with van der Waals surface area (Å²) in [6.07, 6.45) is 2.58. The van der Waals surface area contributed by atoms with Crippen LogP contribution in [0.15, 0.2) is 30.6 Å². The fourth-order valence-electron chi connectivity index (χ4n) is 1.32. The number of nitrogens with zero attached hydrogens (tertiary/aromatic N) is 2. The molecule has 6 nitrogen and oxygen atoms in total. The average molecular weight is 282 g/mol. The van der Waals surface area contributed by atoms with Gasteiger partial charge in [0.2, 0.25) is 0 Å². The average Bonchev–Trinajstić information content (AvgIpc) is 2.43.